The third kappa shape index (κ3) is 3.78. The number of nitrogens with zero attached hydrogens (tertiary/aromatic N) is 3. The lowest BCUT2D eigenvalue weighted by molar-refractivity contribution is -0.140. The highest BCUT2D eigenvalue weighted by Crippen LogP contribution is 2.33. The summed E-state index contributed by atoms with van der Waals surface area (Å²) in [5, 5.41) is 10.9. The molecular formula is C22H25N3O3. The molecule has 0 spiro atoms. The summed E-state index contributed by atoms with van der Waals surface area (Å²) in [5.41, 5.74) is 0.992. The summed E-state index contributed by atoms with van der Waals surface area (Å²) in [4.78, 5) is 32.9. The maximum absolute atomic E-state index is 12.9. The van der Waals surface area contributed by atoms with Crippen molar-refractivity contribution in [3.8, 4) is 0 Å². The van der Waals surface area contributed by atoms with Crippen LogP contribution in [0.15, 0.2) is 54.9 Å². The maximum Gasteiger partial charge on any atom is 0.227 e. The van der Waals surface area contributed by atoms with Gasteiger partial charge in [0.25, 0.3) is 0 Å². The molecule has 0 aliphatic carbocycles. The smallest absolute Gasteiger partial charge is 0.227 e. The van der Waals surface area contributed by atoms with Gasteiger partial charge in [-0.1, -0.05) is 36.4 Å². The number of carbonyl (C=O) groups is 2. The Labute approximate surface area is 164 Å². The number of likely N-dealkylation sites (tertiary alicyclic amines) is 2. The minimum Gasteiger partial charge on any atom is -0.385 e. The van der Waals surface area contributed by atoms with E-state index in [4.69, 9.17) is 0 Å². The Morgan fingerprint density at radius 2 is 1.89 bits per heavy atom. The molecule has 1 aromatic heterocycles. The van der Waals surface area contributed by atoms with E-state index in [1.807, 2.05) is 47.4 Å². The molecule has 2 saturated heterocycles. The summed E-state index contributed by atoms with van der Waals surface area (Å²) in [7, 11) is 0. The number of hydrogen-bond acceptors (Lipinski definition) is 4. The molecule has 1 atom stereocenters. The third-order valence-corrected chi connectivity index (χ3v) is 5.87. The summed E-state index contributed by atoms with van der Waals surface area (Å²) in [6, 6.07) is 13.4. The number of aromatic nitrogens is 1. The molecule has 2 amide bonds. The Hall–Kier alpha value is -2.73. The Morgan fingerprint density at radius 3 is 2.57 bits per heavy atom. The van der Waals surface area contributed by atoms with Crippen LogP contribution in [-0.4, -0.2) is 51.3 Å². The van der Waals surface area contributed by atoms with Crippen LogP contribution in [0.25, 0.3) is 0 Å². The molecule has 0 bridgehead atoms. The quantitative estimate of drug-likeness (QED) is 0.881. The molecular weight excluding hydrogens is 354 g/mol. The molecule has 1 N–H and O–H groups in total. The number of piperidine rings is 1. The zero-order valence-electron chi connectivity index (χ0n) is 15.8. The summed E-state index contributed by atoms with van der Waals surface area (Å²) >= 11 is 0. The van der Waals surface area contributed by atoms with Crippen molar-refractivity contribution in [3.05, 3.63) is 66.0 Å². The van der Waals surface area contributed by atoms with Crippen LogP contribution >= 0.6 is 0 Å². The van der Waals surface area contributed by atoms with Gasteiger partial charge in [-0.2, -0.15) is 0 Å². The molecule has 146 valence electrons. The van der Waals surface area contributed by atoms with Crippen molar-refractivity contribution in [1.82, 2.24) is 14.8 Å². The highest BCUT2D eigenvalue weighted by atomic mass is 16.3. The predicted octanol–water partition coefficient (Wildman–Crippen LogP) is 1.94. The fraction of sp³-hybridized carbons (Fsp3) is 0.409. The van der Waals surface area contributed by atoms with Gasteiger partial charge in [-0.3, -0.25) is 14.6 Å². The van der Waals surface area contributed by atoms with Gasteiger partial charge in [-0.05, 0) is 30.0 Å². The van der Waals surface area contributed by atoms with Gasteiger partial charge in [0.05, 0.1) is 11.5 Å². The molecule has 0 unspecified atom stereocenters. The summed E-state index contributed by atoms with van der Waals surface area (Å²) < 4.78 is 0. The number of amides is 2. The van der Waals surface area contributed by atoms with Crippen LogP contribution in [0.5, 0.6) is 0 Å². The van der Waals surface area contributed by atoms with E-state index in [0.717, 1.165) is 11.1 Å². The fourth-order valence-corrected chi connectivity index (χ4v) is 4.19. The van der Waals surface area contributed by atoms with E-state index in [-0.39, 0.29) is 24.2 Å². The van der Waals surface area contributed by atoms with Gasteiger partial charge < -0.3 is 14.9 Å². The first kappa shape index (κ1) is 18.6. The molecule has 6 nitrogen and oxygen atoms in total. The lowest BCUT2D eigenvalue weighted by Crippen LogP contribution is -2.47. The van der Waals surface area contributed by atoms with E-state index in [0.29, 0.717) is 39.0 Å². The van der Waals surface area contributed by atoms with Crippen molar-refractivity contribution in [2.75, 3.05) is 19.6 Å². The van der Waals surface area contributed by atoms with E-state index >= 15 is 0 Å². The van der Waals surface area contributed by atoms with Crippen molar-refractivity contribution in [3.63, 3.8) is 0 Å². The van der Waals surface area contributed by atoms with E-state index in [2.05, 4.69) is 4.98 Å². The van der Waals surface area contributed by atoms with Crippen LogP contribution in [0.2, 0.25) is 0 Å². The second-order valence-electron chi connectivity index (χ2n) is 7.76. The molecule has 2 aromatic rings. The Bertz CT molecular complexity index is 833. The number of carbonyl (C=O) groups excluding carboxylic acids is 2. The van der Waals surface area contributed by atoms with Gasteiger partial charge in [0.15, 0.2) is 0 Å². The van der Waals surface area contributed by atoms with Crippen molar-refractivity contribution in [1.29, 1.82) is 0 Å². The first-order chi connectivity index (χ1) is 13.5. The van der Waals surface area contributed by atoms with Crippen molar-refractivity contribution < 1.29 is 14.7 Å². The highest BCUT2D eigenvalue weighted by Gasteiger charge is 2.40. The number of aliphatic hydroxyl groups is 1. The molecule has 2 aliphatic heterocycles. The van der Waals surface area contributed by atoms with Crippen LogP contribution in [0.1, 0.15) is 30.4 Å². The Morgan fingerprint density at radius 1 is 1.14 bits per heavy atom. The van der Waals surface area contributed by atoms with Crippen LogP contribution in [-0.2, 0) is 21.7 Å². The number of rotatable bonds is 4. The highest BCUT2D eigenvalue weighted by molar-refractivity contribution is 5.89. The van der Waals surface area contributed by atoms with Gasteiger partial charge in [0.1, 0.15) is 0 Å². The number of benzene rings is 1. The number of hydrogen-bond donors (Lipinski definition) is 1. The molecule has 28 heavy (non-hydrogen) atoms. The van der Waals surface area contributed by atoms with E-state index in [1.165, 1.54) is 0 Å². The largest absolute Gasteiger partial charge is 0.385 e. The summed E-state index contributed by atoms with van der Waals surface area (Å²) in [5.74, 6) is -0.260. The zero-order chi connectivity index (χ0) is 19.6. The molecule has 2 aliphatic rings. The lowest BCUT2D eigenvalue weighted by Gasteiger charge is -2.39. The predicted molar refractivity (Wildman–Crippen MR) is 104 cm³/mol. The normalized spacial score (nSPS) is 21.8. The standard InChI is InChI=1S/C22H25N3O3/c26-20-13-18(16-25(20)15-17-5-4-10-23-14-17)21(27)24-11-8-22(28,9-12-24)19-6-2-1-3-7-19/h1-7,10,14,18,28H,8-9,11-13,15-16H2/t18-/m1/s1. The van der Waals surface area contributed by atoms with Crippen LogP contribution in [0.3, 0.4) is 0 Å². The van der Waals surface area contributed by atoms with Gasteiger partial charge in [0.2, 0.25) is 11.8 Å². The topological polar surface area (TPSA) is 73.7 Å². The molecule has 2 fully saturated rings. The van der Waals surface area contributed by atoms with Crippen molar-refractivity contribution >= 4 is 11.8 Å². The second kappa shape index (κ2) is 7.72. The molecule has 6 heteroatoms. The summed E-state index contributed by atoms with van der Waals surface area (Å²) in [6.45, 7) is 1.96. The van der Waals surface area contributed by atoms with Crippen LogP contribution in [0.4, 0.5) is 0 Å². The Kier molecular flexibility index (Phi) is 5.13. The van der Waals surface area contributed by atoms with E-state index in [9.17, 15) is 14.7 Å². The van der Waals surface area contributed by atoms with Crippen LogP contribution in [0, 0.1) is 5.92 Å². The van der Waals surface area contributed by atoms with Crippen molar-refractivity contribution in [2.24, 2.45) is 5.92 Å². The van der Waals surface area contributed by atoms with Gasteiger partial charge in [-0.15, -0.1) is 0 Å². The first-order valence-electron chi connectivity index (χ1n) is 9.78. The third-order valence-electron chi connectivity index (χ3n) is 5.87. The number of pyridine rings is 1. The van der Waals surface area contributed by atoms with Crippen LogP contribution < -0.4 is 0 Å². The average Bonchev–Trinajstić information content (AvgIpc) is 3.10. The lowest BCUT2D eigenvalue weighted by atomic mass is 9.84. The SMILES string of the molecule is O=C1C[C@@H](C(=O)N2CCC(O)(c3ccccc3)CC2)CN1Cc1cccnc1. The van der Waals surface area contributed by atoms with E-state index < -0.39 is 5.60 Å². The summed E-state index contributed by atoms with van der Waals surface area (Å²) in [6.07, 6.45) is 4.75. The maximum atomic E-state index is 12.9. The first-order valence-corrected chi connectivity index (χ1v) is 9.78. The van der Waals surface area contributed by atoms with Gasteiger partial charge in [0, 0.05) is 45.0 Å². The molecule has 3 heterocycles. The molecule has 1 aromatic carbocycles. The van der Waals surface area contributed by atoms with Gasteiger partial charge >= 0.3 is 0 Å². The molecule has 4 rings (SSSR count). The van der Waals surface area contributed by atoms with Gasteiger partial charge in [-0.25, -0.2) is 0 Å². The minimum absolute atomic E-state index is 0.0139. The Balaban J connectivity index is 1.35. The molecule has 0 radical (unpaired) electrons. The van der Waals surface area contributed by atoms with E-state index in [1.54, 1.807) is 17.3 Å². The zero-order valence-corrected chi connectivity index (χ0v) is 15.8. The monoisotopic (exact) mass is 379 g/mol. The fourth-order valence-electron chi connectivity index (χ4n) is 4.19. The molecule has 0 saturated carbocycles. The average molecular weight is 379 g/mol. The minimum atomic E-state index is -0.879. The second-order valence-corrected chi connectivity index (χ2v) is 7.76. The van der Waals surface area contributed by atoms with Crippen molar-refractivity contribution in [2.45, 2.75) is 31.4 Å².